The fraction of sp³-hybridized carbons (Fsp3) is 0.188. The average molecular weight is 647 g/mol. The molecule has 9 heteroatoms. The van der Waals surface area contributed by atoms with Crippen LogP contribution < -0.4 is 0 Å². The van der Waals surface area contributed by atoms with Crippen molar-refractivity contribution in [2.75, 3.05) is 0 Å². The van der Waals surface area contributed by atoms with Crippen molar-refractivity contribution in [2.24, 2.45) is 0 Å². The van der Waals surface area contributed by atoms with Gasteiger partial charge in [-0.3, -0.25) is 29.7 Å². The van der Waals surface area contributed by atoms with Crippen LogP contribution in [0.4, 0.5) is 0 Å². The van der Waals surface area contributed by atoms with E-state index in [-0.39, 0.29) is 39.0 Å². The van der Waals surface area contributed by atoms with Gasteiger partial charge < -0.3 is 5.11 Å². The molecule has 1 aromatic carbocycles. The third-order valence-corrected chi connectivity index (χ3v) is 6.44. The van der Waals surface area contributed by atoms with Crippen LogP contribution in [0.15, 0.2) is 116 Å². The standard InChI is InChI=1S/C32H32N6O.2Zn/c39-32-26(20-37(22-28-12-1-5-16-33-28)23-29-13-2-6-17-34-29)10-9-11-27(32)21-38(24-30-14-3-7-18-35-30)25-31-15-4-8-19-36-31;;/h1-19,39H,20-25H2;;/q;2*+2. The summed E-state index contributed by atoms with van der Waals surface area (Å²) in [4.78, 5) is 22.6. The van der Waals surface area contributed by atoms with E-state index < -0.39 is 0 Å². The van der Waals surface area contributed by atoms with E-state index >= 15 is 0 Å². The number of pyridine rings is 4. The molecule has 0 spiro atoms. The van der Waals surface area contributed by atoms with Gasteiger partial charge in [-0.15, -0.1) is 0 Å². The second-order valence-corrected chi connectivity index (χ2v) is 9.50. The second kappa shape index (κ2) is 16.9. The normalized spacial score (nSPS) is 10.7. The van der Waals surface area contributed by atoms with Gasteiger partial charge in [-0.05, 0) is 48.5 Å². The van der Waals surface area contributed by atoms with Gasteiger partial charge in [0.1, 0.15) is 5.75 Å². The number of aromatic nitrogens is 4. The molecule has 0 saturated carbocycles. The second-order valence-electron chi connectivity index (χ2n) is 9.50. The predicted octanol–water partition coefficient (Wildman–Crippen LogP) is 5.37. The van der Waals surface area contributed by atoms with Crippen LogP contribution in [0.2, 0.25) is 0 Å². The minimum Gasteiger partial charge on any atom is -0.507 e. The topological polar surface area (TPSA) is 78.3 Å². The smallest absolute Gasteiger partial charge is 0.507 e. The molecule has 0 amide bonds. The molecule has 0 unspecified atom stereocenters. The Morgan fingerprint density at radius 1 is 0.415 bits per heavy atom. The number of phenols is 1. The van der Waals surface area contributed by atoms with Crippen molar-refractivity contribution in [3.63, 3.8) is 0 Å². The summed E-state index contributed by atoms with van der Waals surface area (Å²) in [5, 5.41) is 11.4. The van der Waals surface area contributed by atoms with Gasteiger partial charge in [0.05, 0.1) is 22.8 Å². The quantitative estimate of drug-likeness (QED) is 0.183. The summed E-state index contributed by atoms with van der Waals surface area (Å²) in [5.41, 5.74) is 5.63. The van der Waals surface area contributed by atoms with Crippen molar-refractivity contribution in [3.8, 4) is 5.75 Å². The number of phenolic OH excluding ortho intramolecular Hbond substituents is 1. The molecule has 0 aliphatic heterocycles. The van der Waals surface area contributed by atoms with E-state index in [9.17, 15) is 5.11 Å². The average Bonchev–Trinajstić information content (AvgIpc) is 2.97. The molecule has 41 heavy (non-hydrogen) atoms. The van der Waals surface area contributed by atoms with E-state index in [4.69, 9.17) is 0 Å². The summed E-state index contributed by atoms with van der Waals surface area (Å²) in [6.07, 6.45) is 7.24. The Labute approximate surface area is 267 Å². The summed E-state index contributed by atoms with van der Waals surface area (Å²) in [6.45, 7) is 3.71. The Kier molecular flexibility index (Phi) is 13.3. The predicted molar refractivity (Wildman–Crippen MR) is 151 cm³/mol. The molecular formula is C32H32N6OZn2+4. The van der Waals surface area contributed by atoms with Crippen molar-refractivity contribution in [3.05, 3.63) is 150 Å². The van der Waals surface area contributed by atoms with Gasteiger partial charge in [-0.1, -0.05) is 42.5 Å². The monoisotopic (exact) mass is 644 g/mol. The Hall–Kier alpha value is -3.21. The molecule has 5 rings (SSSR count). The molecule has 0 radical (unpaired) electrons. The summed E-state index contributed by atoms with van der Waals surface area (Å²) in [5.74, 6) is 0.316. The van der Waals surface area contributed by atoms with Crippen LogP contribution in [0, 0.1) is 0 Å². The minimum absolute atomic E-state index is 0. The van der Waals surface area contributed by atoms with Crippen molar-refractivity contribution in [2.45, 2.75) is 39.3 Å². The number of rotatable bonds is 12. The summed E-state index contributed by atoms with van der Waals surface area (Å²) < 4.78 is 0. The van der Waals surface area contributed by atoms with Gasteiger partial charge >= 0.3 is 39.0 Å². The van der Waals surface area contributed by atoms with Crippen LogP contribution in [0.3, 0.4) is 0 Å². The summed E-state index contributed by atoms with van der Waals surface area (Å²) >= 11 is 0. The summed E-state index contributed by atoms with van der Waals surface area (Å²) in [7, 11) is 0. The number of hydrogen-bond donors (Lipinski definition) is 1. The zero-order valence-electron chi connectivity index (χ0n) is 23.3. The molecule has 7 nitrogen and oxygen atoms in total. The fourth-order valence-electron chi connectivity index (χ4n) is 4.60. The molecule has 0 saturated heterocycles. The molecule has 4 heterocycles. The minimum atomic E-state index is 0. The van der Waals surface area contributed by atoms with Crippen LogP contribution in [-0.2, 0) is 78.2 Å². The maximum Gasteiger partial charge on any atom is 2.00 e. The molecule has 0 fully saturated rings. The summed E-state index contributed by atoms with van der Waals surface area (Å²) in [6, 6.07) is 29.8. The zero-order chi connectivity index (χ0) is 26.7. The Morgan fingerprint density at radius 3 is 1.00 bits per heavy atom. The first-order chi connectivity index (χ1) is 19.2. The third kappa shape index (κ3) is 9.98. The van der Waals surface area contributed by atoms with E-state index in [1.807, 2.05) is 116 Å². The first-order valence-electron chi connectivity index (χ1n) is 13.1. The Balaban J connectivity index is 0.00000231. The van der Waals surface area contributed by atoms with Crippen molar-refractivity contribution < 1.29 is 44.1 Å². The van der Waals surface area contributed by atoms with E-state index in [1.54, 1.807) is 0 Å². The maximum atomic E-state index is 11.4. The van der Waals surface area contributed by atoms with Gasteiger partial charge in [0.2, 0.25) is 0 Å². The van der Waals surface area contributed by atoms with E-state index in [1.165, 1.54) is 0 Å². The molecular weight excluding hydrogens is 615 g/mol. The molecule has 196 valence electrons. The van der Waals surface area contributed by atoms with Crippen LogP contribution >= 0.6 is 0 Å². The van der Waals surface area contributed by atoms with Crippen LogP contribution in [0.5, 0.6) is 5.75 Å². The Bertz CT molecular complexity index is 1240. The van der Waals surface area contributed by atoms with Gasteiger partial charge in [0.15, 0.2) is 0 Å². The number of aromatic hydroxyl groups is 1. The zero-order valence-corrected chi connectivity index (χ0v) is 29.2. The first kappa shape index (κ1) is 32.3. The van der Waals surface area contributed by atoms with Gasteiger partial charge in [0, 0.05) is 75.2 Å². The molecule has 0 bridgehead atoms. The SMILES string of the molecule is Oc1c(CN(Cc2ccccn2)Cc2ccccn2)cccc1CN(Cc1ccccn1)Cc1ccccn1.[Zn+2].[Zn+2]. The fourth-order valence-corrected chi connectivity index (χ4v) is 4.60. The molecule has 0 atom stereocenters. The number of benzene rings is 1. The molecule has 1 N–H and O–H groups in total. The van der Waals surface area contributed by atoms with Crippen LogP contribution in [0.1, 0.15) is 33.9 Å². The maximum absolute atomic E-state index is 11.4. The molecule has 4 aromatic heterocycles. The Morgan fingerprint density at radius 2 is 0.732 bits per heavy atom. The van der Waals surface area contributed by atoms with Gasteiger partial charge in [-0.25, -0.2) is 0 Å². The number of nitrogens with zero attached hydrogens (tertiary/aromatic N) is 6. The number of para-hydroxylation sites is 1. The third-order valence-electron chi connectivity index (χ3n) is 6.44. The molecule has 0 aliphatic carbocycles. The molecule has 0 aliphatic rings. The van der Waals surface area contributed by atoms with E-state index in [2.05, 4.69) is 29.7 Å². The largest absolute Gasteiger partial charge is 2.00 e. The van der Waals surface area contributed by atoms with E-state index in [0.717, 1.165) is 33.9 Å². The van der Waals surface area contributed by atoms with Crippen molar-refractivity contribution in [1.82, 2.24) is 29.7 Å². The first-order valence-corrected chi connectivity index (χ1v) is 13.1. The number of hydrogen-bond acceptors (Lipinski definition) is 7. The molecule has 5 aromatic rings. The van der Waals surface area contributed by atoms with Crippen molar-refractivity contribution in [1.29, 1.82) is 0 Å². The van der Waals surface area contributed by atoms with Crippen LogP contribution in [-0.4, -0.2) is 34.8 Å². The van der Waals surface area contributed by atoms with E-state index in [0.29, 0.717) is 45.0 Å². The van der Waals surface area contributed by atoms with Crippen molar-refractivity contribution >= 4 is 0 Å². The van der Waals surface area contributed by atoms with Gasteiger partial charge in [0.25, 0.3) is 0 Å². The van der Waals surface area contributed by atoms with Crippen LogP contribution in [0.25, 0.3) is 0 Å². The van der Waals surface area contributed by atoms with Gasteiger partial charge in [-0.2, -0.15) is 0 Å².